The van der Waals surface area contributed by atoms with E-state index in [2.05, 4.69) is 48.6 Å². The average molecular weight is 449 g/mol. The number of aromatic nitrogens is 4. The van der Waals surface area contributed by atoms with Crippen molar-refractivity contribution in [2.45, 2.75) is 6.42 Å². The third-order valence-corrected chi connectivity index (χ3v) is 3.96. The summed E-state index contributed by atoms with van der Waals surface area (Å²) in [4.78, 5) is 10.2. The number of hydrogen-bond acceptors (Lipinski definition) is 7. The summed E-state index contributed by atoms with van der Waals surface area (Å²) in [5.74, 6) is 0.649. The molecule has 0 saturated heterocycles. The largest absolute Gasteiger partial charge is 0.279 e. The van der Waals surface area contributed by atoms with E-state index in [1.54, 1.807) is 23.0 Å². The van der Waals surface area contributed by atoms with Gasteiger partial charge >= 0.3 is 0 Å². The van der Waals surface area contributed by atoms with Crippen molar-refractivity contribution in [3.63, 3.8) is 0 Å². The Labute approximate surface area is 156 Å². The van der Waals surface area contributed by atoms with Crippen molar-refractivity contribution in [3.8, 4) is 5.69 Å². The van der Waals surface area contributed by atoms with Gasteiger partial charge in [-0.05, 0) is 69.4 Å². The van der Waals surface area contributed by atoms with Crippen molar-refractivity contribution in [3.05, 3.63) is 68.0 Å². The number of nitro groups is 1. The van der Waals surface area contributed by atoms with E-state index in [1.165, 1.54) is 12.1 Å². The van der Waals surface area contributed by atoms with Crippen LogP contribution in [0.1, 0.15) is 5.82 Å². The monoisotopic (exact) mass is 449 g/mol. The molecule has 2 aromatic carbocycles. The maximum atomic E-state index is 10.6. The summed E-state index contributed by atoms with van der Waals surface area (Å²) in [6, 6.07) is 13.8. The van der Waals surface area contributed by atoms with Gasteiger partial charge in [0.2, 0.25) is 0 Å². The molecule has 0 atom stereocenters. The molecule has 1 aromatic heterocycles. The van der Waals surface area contributed by atoms with Crippen LogP contribution in [0.5, 0.6) is 0 Å². The number of hydrogen-bond donors (Lipinski definition) is 1. The summed E-state index contributed by atoms with van der Waals surface area (Å²) in [7, 11) is 0. The Morgan fingerprint density at radius 1 is 1.20 bits per heavy atom. The van der Waals surface area contributed by atoms with Gasteiger partial charge in [-0.25, -0.2) is 0 Å². The van der Waals surface area contributed by atoms with Crippen LogP contribution in [0, 0.1) is 13.7 Å². The van der Waals surface area contributed by atoms with Crippen LogP contribution in [-0.4, -0.2) is 31.3 Å². The Balaban J connectivity index is 1.62. The zero-order valence-electron chi connectivity index (χ0n) is 12.8. The number of halogens is 1. The van der Waals surface area contributed by atoms with E-state index in [4.69, 9.17) is 0 Å². The molecule has 0 fully saturated rings. The molecule has 126 valence electrons. The number of rotatable bonds is 6. The molecule has 1 N–H and O–H groups in total. The van der Waals surface area contributed by atoms with Crippen LogP contribution >= 0.6 is 22.6 Å². The van der Waals surface area contributed by atoms with E-state index in [0.717, 1.165) is 9.26 Å². The molecular formula is C15H12IN7O2. The molecule has 0 aliphatic rings. The van der Waals surface area contributed by atoms with Gasteiger partial charge in [0.15, 0.2) is 5.82 Å². The third kappa shape index (κ3) is 4.35. The van der Waals surface area contributed by atoms with E-state index in [0.29, 0.717) is 17.9 Å². The SMILES string of the molecule is O=[N+]([O-])c1ccc(N/N=C/Cc2nnnn2-c2ccc(I)cc2)cc1. The fourth-order valence-corrected chi connectivity index (χ4v) is 2.38. The smallest absolute Gasteiger partial charge is 0.269 e. The maximum absolute atomic E-state index is 10.6. The lowest BCUT2D eigenvalue weighted by Crippen LogP contribution is -2.04. The summed E-state index contributed by atoms with van der Waals surface area (Å²) in [5.41, 5.74) is 4.37. The van der Waals surface area contributed by atoms with Gasteiger partial charge in [0, 0.05) is 28.3 Å². The number of non-ortho nitro benzene ring substituents is 1. The Bertz CT molecular complexity index is 891. The van der Waals surface area contributed by atoms with Gasteiger partial charge in [-0.3, -0.25) is 15.5 Å². The normalized spacial score (nSPS) is 10.9. The van der Waals surface area contributed by atoms with E-state index in [9.17, 15) is 10.1 Å². The van der Waals surface area contributed by atoms with Gasteiger partial charge in [-0.15, -0.1) is 5.10 Å². The van der Waals surface area contributed by atoms with Crippen molar-refractivity contribution in [2.24, 2.45) is 5.10 Å². The van der Waals surface area contributed by atoms with E-state index in [1.807, 2.05) is 24.3 Å². The van der Waals surface area contributed by atoms with E-state index < -0.39 is 4.92 Å². The van der Waals surface area contributed by atoms with Gasteiger partial charge in [-0.2, -0.15) is 9.78 Å². The second-order valence-corrected chi connectivity index (χ2v) is 6.16. The number of nitrogens with zero attached hydrogens (tertiary/aromatic N) is 6. The summed E-state index contributed by atoms with van der Waals surface area (Å²) in [6.07, 6.45) is 2.06. The second-order valence-electron chi connectivity index (χ2n) is 4.91. The first-order chi connectivity index (χ1) is 12.1. The number of nitrogens with one attached hydrogen (secondary N) is 1. The summed E-state index contributed by atoms with van der Waals surface area (Å²) < 4.78 is 2.78. The molecule has 0 radical (unpaired) electrons. The predicted molar refractivity (Wildman–Crippen MR) is 101 cm³/mol. The molecule has 0 amide bonds. The van der Waals surface area contributed by atoms with Gasteiger partial charge < -0.3 is 0 Å². The molecule has 0 aliphatic carbocycles. The highest BCUT2D eigenvalue weighted by Gasteiger charge is 2.07. The van der Waals surface area contributed by atoms with E-state index in [-0.39, 0.29) is 5.69 Å². The fourth-order valence-electron chi connectivity index (χ4n) is 2.02. The van der Waals surface area contributed by atoms with Crippen molar-refractivity contribution < 1.29 is 4.92 Å². The molecule has 25 heavy (non-hydrogen) atoms. The third-order valence-electron chi connectivity index (χ3n) is 3.24. The molecule has 10 heteroatoms. The second kappa shape index (κ2) is 7.79. The summed E-state index contributed by atoms with van der Waals surface area (Å²) in [5, 5.41) is 26.4. The zero-order chi connectivity index (χ0) is 17.6. The fraction of sp³-hybridized carbons (Fsp3) is 0.0667. The molecule has 0 bridgehead atoms. The predicted octanol–water partition coefficient (Wildman–Crippen LogP) is 2.82. The number of tetrazole rings is 1. The van der Waals surface area contributed by atoms with Crippen molar-refractivity contribution in [1.29, 1.82) is 0 Å². The van der Waals surface area contributed by atoms with Crippen LogP contribution in [0.4, 0.5) is 11.4 Å². The maximum Gasteiger partial charge on any atom is 0.269 e. The first-order valence-corrected chi connectivity index (χ1v) is 8.26. The number of anilines is 1. The van der Waals surface area contributed by atoms with Gasteiger partial charge in [0.1, 0.15) is 0 Å². The number of nitro benzene ring substituents is 1. The Morgan fingerprint density at radius 2 is 1.92 bits per heavy atom. The van der Waals surface area contributed by atoms with Crippen molar-refractivity contribution in [2.75, 3.05) is 5.43 Å². The van der Waals surface area contributed by atoms with E-state index >= 15 is 0 Å². The minimum Gasteiger partial charge on any atom is -0.279 e. The Morgan fingerprint density at radius 3 is 2.60 bits per heavy atom. The lowest BCUT2D eigenvalue weighted by molar-refractivity contribution is -0.384. The molecule has 1 heterocycles. The van der Waals surface area contributed by atoms with Gasteiger partial charge in [-0.1, -0.05) is 0 Å². The van der Waals surface area contributed by atoms with Crippen molar-refractivity contribution in [1.82, 2.24) is 20.2 Å². The first-order valence-electron chi connectivity index (χ1n) is 7.18. The molecule has 3 aromatic rings. The molecule has 0 unspecified atom stereocenters. The lowest BCUT2D eigenvalue weighted by Gasteiger charge is -2.03. The van der Waals surface area contributed by atoms with Crippen LogP contribution in [0.25, 0.3) is 5.69 Å². The highest BCUT2D eigenvalue weighted by atomic mass is 127. The highest BCUT2D eigenvalue weighted by molar-refractivity contribution is 14.1. The van der Waals surface area contributed by atoms with Gasteiger partial charge in [0.05, 0.1) is 16.3 Å². The molecule has 0 spiro atoms. The minimum atomic E-state index is -0.447. The molecule has 3 rings (SSSR count). The minimum absolute atomic E-state index is 0.0335. The van der Waals surface area contributed by atoms with Crippen LogP contribution in [0.3, 0.4) is 0 Å². The number of hydrazone groups is 1. The molecule has 9 nitrogen and oxygen atoms in total. The topological polar surface area (TPSA) is 111 Å². The van der Waals surface area contributed by atoms with Gasteiger partial charge in [0.25, 0.3) is 5.69 Å². The van der Waals surface area contributed by atoms with Crippen LogP contribution in [0.2, 0.25) is 0 Å². The molecule has 0 aliphatic heterocycles. The van der Waals surface area contributed by atoms with Crippen molar-refractivity contribution >= 4 is 40.2 Å². The average Bonchev–Trinajstić information content (AvgIpc) is 3.08. The quantitative estimate of drug-likeness (QED) is 0.268. The Hall–Kier alpha value is -2.89. The number of benzene rings is 2. The van der Waals surface area contributed by atoms with Crippen LogP contribution < -0.4 is 5.43 Å². The van der Waals surface area contributed by atoms with Crippen LogP contribution in [0.15, 0.2) is 53.6 Å². The standard InChI is InChI=1S/C15H12IN7O2/c16-11-1-5-13(6-2-11)22-15(19-20-21-22)9-10-17-18-12-3-7-14(8-4-12)23(24)25/h1-8,10,18H,9H2/b17-10+. The Kier molecular flexibility index (Phi) is 5.28. The first kappa shape index (κ1) is 17.0. The zero-order valence-corrected chi connectivity index (χ0v) is 14.9. The summed E-state index contributed by atoms with van der Waals surface area (Å²) >= 11 is 2.23. The van der Waals surface area contributed by atoms with Crippen LogP contribution in [-0.2, 0) is 6.42 Å². The highest BCUT2D eigenvalue weighted by Crippen LogP contribution is 2.15. The molecule has 0 saturated carbocycles. The lowest BCUT2D eigenvalue weighted by atomic mass is 10.3. The summed E-state index contributed by atoms with van der Waals surface area (Å²) in [6.45, 7) is 0. The molecular weight excluding hydrogens is 437 g/mol.